The Morgan fingerprint density at radius 3 is 2.06 bits per heavy atom. The Balaban J connectivity index is 1.31. The van der Waals surface area contributed by atoms with Gasteiger partial charge in [0.25, 0.3) is 11.8 Å². The zero-order valence-corrected chi connectivity index (χ0v) is 30.2. The molecule has 4 aromatic carbocycles. The molecule has 9 nitrogen and oxygen atoms in total. The number of nitrogens with zero attached hydrogens (tertiary/aromatic N) is 4. The molecule has 0 radical (unpaired) electrons. The summed E-state index contributed by atoms with van der Waals surface area (Å²) in [7, 11) is 3.17. The number of piperazine rings is 1. The van der Waals surface area contributed by atoms with Crippen molar-refractivity contribution in [2.45, 2.75) is 25.9 Å². The molecule has 0 unspecified atom stereocenters. The first kappa shape index (κ1) is 35.0. The molecule has 5 aromatic rings. The SMILES string of the molecule is COc1cc(C(=O)N2CCOCC2)cc(-n2c(C)cc(C(=O)N3CCN(Cc4ccccc4)C[C@H]3Cc3ccccc3)c2-c2ccccc2)c1OC. The van der Waals surface area contributed by atoms with Gasteiger partial charge in [-0.15, -0.1) is 0 Å². The third kappa shape index (κ3) is 7.33. The van der Waals surface area contributed by atoms with E-state index in [0.29, 0.717) is 61.2 Å². The van der Waals surface area contributed by atoms with Crippen molar-refractivity contribution in [3.63, 3.8) is 0 Å². The van der Waals surface area contributed by atoms with Crippen LogP contribution in [-0.4, -0.2) is 97.3 Å². The fraction of sp³-hybridized carbons (Fsp3) is 0.302. The quantitative estimate of drug-likeness (QED) is 0.166. The fourth-order valence-electron chi connectivity index (χ4n) is 7.56. The van der Waals surface area contributed by atoms with Gasteiger partial charge in [0.2, 0.25) is 0 Å². The summed E-state index contributed by atoms with van der Waals surface area (Å²) in [6, 6.07) is 36.4. The Kier molecular flexibility index (Phi) is 10.7. The maximum absolute atomic E-state index is 15.1. The van der Waals surface area contributed by atoms with Gasteiger partial charge in [0.1, 0.15) is 0 Å². The highest BCUT2D eigenvalue weighted by Gasteiger charge is 2.35. The summed E-state index contributed by atoms with van der Waals surface area (Å²) in [6.07, 6.45) is 0.745. The van der Waals surface area contributed by atoms with Gasteiger partial charge in [0.15, 0.2) is 11.5 Å². The largest absolute Gasteiger partial charge is 0.493 e. The molecule has 0 saturated carbocycles. The van der Waals surface area contributed by atoms with E-state index in [0.717, 1.165) is 43.0 Å². The zero-order valence-electron chi connectivity index (χ0n) is 30.2. The van der Waals surface area contributed by atoms with E-state index in [-0.39, 0.29) is 17.9 Å². The van der Waals surface area contributed by atoms with Gasteiger partial charge in [-0.05, 0) is 48.2 Å². The number of benzene rings is 4. The van der Waals surface area contributed by atoms with Crippen LogP contribution >= 0.6 is 0 Å². The van der Waals surface area contributed by atoms with Gasteiger partial charge >= 0.3 is 0 Å². The second-order valence-electron chi connectivity index (χ2n) is 13.4. The Morgan fingerprint density at radius 2 is 1.40 bits per heavy atom. The van der Waals surface area contributed by atoms with Crippen molar-refractivity contribution in [1.29, 1.82) is 0 Å². The van der Waals surface area contributed by atoms with Crippen molar-refractivity contribution >= 4 is 11.8 Å². The van der Waals surface area contributed by atoms with Crippen molar-refractivity contribution in [2.75, 3.05) is 60.2 Å². The molecule has 2 fully saturated rings. The molecule has 7 rings (SSSR count). The van der Waals surface area contributed by atoms with Crippen LogP contribution in [0.3, 0.4) is 0 Å². The molecule has 0 spiro atoms. The monoisotopic (exact) mass is 698 g/mol. The lowest BCUT2D eigenvalue weighted by Crippen LogP contribution is -2.55. The topological polar surface area (TPSA) is 76.5 Å². The van der Waals surface area contributed by atoms with Gasteiger partial charge in [-0.2, -0.15) is 0 Å². The third-order valence-corrected chi connectivity index (χ3v) is 10.1. The number of hydrogen-bond donors (Lipinski definition) is 0. The molecule has 0 aliphatic carbocycles. The molecule has 0 bridgehead atoms. The highest BCUT2D eigenvalue weighted by molar-refractivity contribution is 6.02. The Morgan fingerprint density at radius 1 is 0.750 bits per heavy atom. The van der Waals surface area contributed by atoms with Crippen LogP contribution in [-0.2, 0) is 17.7 Å². The molecular weight excluding hydrogens is 652 g/mol. The average Bonchev–Trinajstić information content (AvgIpc) is 3.55. The first-order valence-electron chi connectivity index (χ1n) is 18.0. The number of aryl methyl sites for hydroxylation is 1. The van der Waals surface area contributed by atoms with Crippen molar-refractivity contribution in [3.05, 3.63) is 137 Å². The highest BCUT2D eigenvalue weighted by atomic mass is 16.5. The van der Waals surface area contributed by atoms with Crippen LogP contribution in [0, 0.1) is 6.92 Å². The van der Waals surface area contributed by atoms with Gasteiger partial charge in [0, 0.05) is 56.6 Å². The Bertz CT molecular complexity index is 1990. The molecule has 3 heterocycles. The van der Waals surface area contributed by atoms with Crippen LogP contribution in [0.25, 0.3) is 16.9 Å². The summed E-state index contributed by atoms with van der Waals surface area (Å²) < 4.78 is 19.4. The van der Waals surface area contributed by atoms with Crippen molar-refractivity contribution < 1.29 is 23.8 Å². The number of rotatable bonds is 10. The number of carbonyl (C=O) groups is 2. The maximum atomic E-state index is 15.1. The minimum atomic E-state index is -0.106. The molecule has 9 heteroatoms. The van der Waals surface area contributed by atoms with Crippen molar-refractivity contribution in [1.82, 2.24) is 19.3 Å². The summed E-state index contributed by atoms with van der Waals surface area (Å²) in [5.41, 5.74) is 6.62. The second kappa shape index (κ2) is 15.9. The summed E-state index contributed by atoms with van der Waals surface area (Å²) in [6.45, 7) is 6.97. The number of carbonyl (C=O) groups excluding carboxylic acids is 2. The smallest absolute Gasteiger partial charge is 0.256 e. The van der Waals surface area contributed by atoms with Crippen LogP contribution in [0.1, 0.15) is 37.5 Å². The molecule has 2 amide bonds. The maximum Gasteiger partial charge on any atom is 0.256 e. The van der Waals surface area contributed by atoms with Crippen molar-refractivity contribution in [2.24, 2.45) is 0 Å². The fourth-order valence-corrected chi connectivity index (χ4v) is 7.56. The molecular formula is C43H46N4O5. The summed E-state index contributed by atoms with van der Waals surface area (Å²) >= 11 is 0. The van der Waals surface area contributed by atoms with Gasteiger partial charge in [-0.1, -0.05) is 91.0 Å². The normalized spacial score (nSPS) is 16.5. The lowest BCUT2D eigenvalue weighted by molar-refractivity contribution is 0.0302. The Labute approximate surface area is 305 Å². The van der Waals surface area contributed by atoms with Crippen molar-refractivity contribution in [3.8, 4) is 28.4 Å². The van der Waals surface area contributed by atoms with E-state index in [2.05, 4.69) is 58.3 Å². The lowest BCUT2D eigenvalue weighted by atomic mass is 9.99. The number of ether oxygens (including phenoxy) is 3. The predicted octanol–water partition coefficient (Wildman–Crippen LogP) is 6.51. The number of aromatic nitrogens is 1. The van der Waals surface area contributed by atoms with Gasteiger partial charge < -0.3 is 28.6 Å². The highest BCUT2D eigenvalue weighted by Crippen LogP contribution is 2.41. The predicted molar refractivity (Wildman–Crippen MR) is 202 cm³/mol. The van der Waals surface area contributed by atoms with Crippen LogP contribution in [0.5, 0.6) is 11.5 Å². The minimum Gasteiger partial charge on any atom is -0.493 e. The number of hydrogen-bond acceptors (Lipinski definition) is 6. The molecule has 2 aliphatic heterocycles. The number of amides is 2. The zero-order chi connectivity index (χ0) is 36.0. The van der Waals surface area contributed by atoms with Gasteiger partial charge in [-0.3, -0.25) is 14.5 Å². The van der Waals surface area contributed by atoms with Crippen LogP contribution in [0.15, 0.2) is 109 Å². The van der Waals surface area contributed by atoms with E-state index in [9.17, 15) is 4.79 Å². The molecule has 268 valence electrons. The van der Waals surface area contributed by atoms with Gasteiger partial charge in [-0.25, -0.2) is 0 Å². The van der Waals surface area contributed by atoms with E-state index in [1.54, 1.807) is 25.2 Å². The van der Waals surface area contributed by atoms with Crippen LogP contribution in [0.2, 0.25) is 0 Å². The first-order valence-corrected chi connectivity index (χ1v) is 18.0. The standard InChI is InChI=1S/C43H46N4O5/c1-31-25-37(43(49)46-20-19-44(29-33-15-9-5-10-16-33)30-36(46)26-32-13-7-4-8-14-32)40(34-17-11-6-12-18-34)47(31)38-27-35(28-39(50-2)41(38)51-3)42(48)45-21-23-52-24-22-45/h4-18,25,27-28,36H,19-24,26,29-30H2,1-3H3/t36-/m1/s1. The minimum absolute atomic E-state index is 0.0209. The molecule has 2 saturated heterocycles. The van der Waals surface area contributed by atoms with Crippen LogP contribution in [0.4, 0.5) is 0 Å². The Hall–Kier alpha value is -5.38. The van der Waals surface area contributed by atoms with E-state index in [4.69, 9.17) is 14.2 Å². The lowest BCUT2D eigenvalue weighted by Gasteiger charge is -2.42. The van der Waals surface area contributed by atoms with E-state index in [1.807, 2.05) is 66.1 Å². The number of morpholine rings is 1. The molecule has 1 atom stereocenters. The summed E-state index contributed by atoms with van der Waals surface area (Å²) in [5, 5.41) is 0. The van der Waals surface area contributed by atoms with E-state index < -0.39 is 0 Å². The third-order valence-electron chi connectivity index (χ3n) is 10.1. The number of methoxy groups -OCH3 is 2. The van der Waals surface area contributed by atoms with E-state index in [1.165, 1.54) is 11.1 Å². The van der Waals surface area contributed by atoms with Crippen LogP contribution < -0.4 is 9.47 Å². The summed E-state index contributed by atoms with van der Waals surface area (Å²) in [4.78, 5) is 35.2. The molecule has 1 aromatic heterocycles. The molecule has 2 aliphatic rings. The van der Waals surface area contributed by atoms with E-state index >= 15 is 4.79 Å². The summed E-state index contributed by atoms with van der Waals surface area (Å²) in [5.74, 6) is 0.791. The second-order valence-corrected chi connectivity index (χ2v) is 13.4. The van der Waals surface area contributed by atoms with Gasteiger partial charge in [0.05, 0.1) is 44.4 Å². The first-order chi connectivity index (χ1) is 25.4. The molecule has 52 heavy (non-hydrogen) atoms. The molecule has 0 N–H and O–H groups in total. The average molecular weight is 699 g/mol.